The summed E-state index contributed by atoms with van der Waals surface area (Å²) in [7, 11) is 0. The minimum absolute atomic E-state index is 0.0936. The van der Waals surface area contributed by atoms with Gasteiger partial charge in [-0.3, -0.25) is 0 Å². The summed E-state index contributed by atoms with van der Waals surface area (Å²) in [6.07, 6.45) is 3.73. The fourth-order valence-electron chi connectivity index (χ4n) is 4.07. The van der Waals surface area contributed by atoms with Gasteiger partial charge in [-0.15, -0.1) is 0 Å². The van der Waals surface area contributed by atoms with Crippen molar-refractivity contribution < 1.29 is 0 Å². The monoisotopic (exact) mass is 312 g/mol. The first-order valence-electron chi connectivity index (χ1n) is 8.96. The molecule has 3 aromatic carbocycles. The minimum atomic E-state index is 0.0936. The molecule has 0 bridgehead atoms. The fourth-order valence-corrected chi connectivity index (χ4v) is 4.07. The van der Waals surface area contributed by atoms with Gasteiger partial charge in [0.2, 0.25) is 0 Å². The Morgan fingerprint density at radius 3 is 1.83 bits per heavy atom. The van der Waals surface area contributed by atoms with E-state index in [4.69, 9.17) is 0 Å². The first kappa shape index (κ1) is 15.2. The van der Waals surface area contributed by atoms with Crippen molar-refractivity contribution in [3.8, 4) is 0 Å². The Labute approximate surface area is 145 Å². The van der Waals surface area contributed by atoms with Crippen molar-refractivity contribution in [2.45, 2.75) is 31.6 Å². The molecule has 1 aliphatic rings. The third-order valence-electron chi connectivity index (χ3n) is 5.46. The summed E-state index contributed by atoms with van der Waals surface area (Å²) >= 11 is 0. The molecular formula is C24H24. The van der Waals surface area contributed by atoms with E-state index >= 15 is 0 Å². The van der Waals surface area contributed by atoms with E-state index in [2.05, 4.69) is 91.9 Å². The molecule has 24 heavy (non-hydrogen) atoms. The van der Waals surface area contributed by atoms with Gasteiger partial charge in [-0.25, -0.2) is 0 Å². The molecule has 0 aliphatic heterocycles. The quantitative estimate of drug-likeness (QED) is 0.547. The minimum Gasteiger partial charge on any atom is -0.0622 e. The highest BCUT2D eigenvalue weighted by atomic mass is 14.5. The van der Waals surface area contributed by atoms with E-state index in [0.29, 0.717) is 0 Å². The molecule has 4 rings (SSSR count). The van der Waals surface area contributed by atoms with Gasteiger partial charge in [0.1, 0.15) is 0 Å². The average Bonchev–Trinajstić information content (AvgIpc) is 3.48. The second-order valence-corrected chi connectivity index (χ2v) is 7.14. The molecule has 1 saturated carbocycles. The van der Waals surface area contributed by atoms with Crippen molar-refractivity contribution in [3.63, 3.8) is 0 Å². The Kier molecular flexibility index (Phi) is 3.98. The van der Waals surface area contributed by atoms with E-state index in [0.717, 1.165) is 12.3 Å². The molecule has 0 spiro atoms. The number of aryl methyl sites for hydroxylation is 1. The van der Waals surface area contributed by atoms with Crippen LogP contribution in [0.15, 0.2) is 84.9 Å². The third-order valence-corrected chi connectivity index (χ3v) is 5.46. The van der Waals surface area contributed by atoms with Crippen LogP contribution in [0.4, 0.5) is 0 Å². The standard InChI is InChI=1S/C24H24/c1-19-12-14-22(15-13-19)24(23-16-17-23,21-10-6-3-7-11-21)18-20-8-4-2-5-9-20/h2-15,23H,16-18H2,1H3. The molecule has 1 unspecified atom stereocenters. The third kappa shape index (κ3) is 2.78. The van der Waals surface area contributed by atoms with Gasteiger partial charge in [0.15, 0.2) is 0 Å². The van der Waals surface area contributed by atoms with Gasteiger partial charge in [-0.1, -0.05) is 90.5 Å². The smallest absolute Gasteiger partial charge is 0.0271 e. The Bertz CT molecular complexity index is 782. The Balaban J connectivity index is 1.88. The summed E-state index contributed by atoms with van der Waals surface area (Å²) in [6.45, 7) is 2.17. The Morgan fingerprint density at radius 1 is 0.708 bits per heavy atom. The summed E-state index contributed by atoms with van der Waals surface area (Å²) in [5.41, 5.74) is 5.77. The summed E-state index contributed by atoms with van der Waals surface area (Å²) in [5.74, 6) is 0.739. The van der Waals surface area contributed by atoms with Gasteiger partial charge in [0.25, 0.3) is 0 Å². The first-order valence-corrected chi connectivity index (χ1v) is 8.96. The maximum Gasteiger partial charge on any atom is 0.0271 e. The molecule has 0 amide bonds. The largest absolute Gasteiger partial charge is 0.0622 e. The summed E-state index contributed by atoms with van der Waals surface area (Å²) < 4.78 is 0. The Morgan fingerprint density at radius 2 is 1.25 bits per heavy atom. The van der Waals surface area contributed by atoms with Crippen molar-refractivity contribution >= 4 is 0 Å². The lowest BCUT2D eigenvalue weighted by molar-refractivity contribution is 0.444. The van der Waals surface area contributed by atoms with Crippen molar-refractivity contribution in [2.75, 3.05) is 0 Å². The van der Waals surface area contributed by atoms with Gasteiger partial charge in [0, 0.05) is 5.41 Å². The van der Waals surface area contributed by atoms with E-state index in [1.165, 1.54) is 35.1 Å². The van der Waals surface area contributed by atoms with Crippen molar-refractivity contribution in [3.05, 3.63) is 107 Å². The van der Waals surface area contributed by atoms with Crippen LogP contribution in [0.3, 0.4) is 0 Å². The van der Waals surface area contributed by atoms with Crippen LogP contribution in [0.1, 0.15) is 35.1 Å². The van der Waals surface area contributed by atoms with E-state index in [-0.39, 0.29) is 5.41 Å². The van der Waals surface area contributed by atoms with Crippen LogP contribution >= 0.6 is 0 Å². The SMILES string of the molecule is Cc1ccc(C(Cc2ccccc2)(c2ccccc2)C2CC2)cc1. The zero-order valence-corrected chi connectivity index (χ0v) is 14.3. The topological polar surface area (TPSA) is 0 Å². The van der Waals surface area contributed by atoms with Gasteiger partial charge in [-0.2, -0.15) is 0 Å². The molecule has 0 N–H and O–H groups in total. The molecule has 1 atom stereocenters. The van der Waals surface area contributed by atoms with Gasteiger partial charge in [0.05, 0.1) is 0 Å². The van der Waals surface area contributed by atoms with Crippen LogP contribution in [-0.4, -0.2) is 0 Å². The Hall–Kier alpha value is -2.34. The highest BCUT2D eigenvalue weighted by molar-refractivity contribution is 5.45. The molecule has 0 radical (unpaired) electrons. The molecule has 0 heterocycles. The van der Waals surface area contributed by atoms with Gasteiger partial charge >= 0.3 is 0 Å². The average molecular weight is 312 g/mol. The number of rotatable bonds is 5. The zero-order valence-electron chi connectivity index (χ0n) is 14.3. The summed E-state index contributed by atoms with van der Waals surface area (Å²) in [5, 5.41) is 0. The predicted octanol–water partition coefficient (Wildman–Crippen LogP) is 5.93. The summed E-state index contributed by atoms with van der Waals surface area (Å²) in [6, 6.07) is 31.3. The number of hydrogen-bond donors (Lipinski definition) is 0. The van der Waals surface area contributed by atoms with Crippen LogP contribution in [0.5, 0.6) is 0 Å². The second-order valence-electron chi connectivity index (χ2n) is 7.14. The predicted molar refractivity (Wildman–Crippen MR) is 101 cm³/mol. The van der Waals surface area contributed by atoms with Crippen LogP contribution in [-0.2, 0) is 11.8 Å². The van der Waals surface area contributed by atoms with Crippen LogP contribution in [0.2, 0.25) is 0 Å². The number of hydrogen-bond acceptors (Lipinski definition) is 0. The lowest BCUT2D eigenvalue weighted by atomic mass is 9.67. The molecule has 120 valence electrons. The molecule has 1 aliphatic carbocycles. The van der Waals surface area contributed by atoms with Crippen molar-refractivity contribution in [1.29, 1.82) is 0 Å². The molecule has 0 aromatic heterocycles. The fraction of sp³-hybridized carbons (Fsp3) is 0.250. The van der Waals surface area contributed by atoms with Crippen molar-refractivity contribution in [2.24, 2.45) is 5.92 Å². The normalized spacial score (nSPS) is 16.5. The first-order chi connectivity index (χ1) is 11.8. The van der Waals surface area contributed by atoms with Gasteiger partial charge in [-0.05, 0) is 48.8 Å². The maximum atomic E-state index is 2.35. The molecule has 3 aromatic rings. The molecule has 0 heteroatoms. The highest BCUT2D eigenvalue weighted by Gasteiger charge is 2.47. The van der Waals surface area contributed by atoms with Crippen LogP contribution < -0.4 is 0 Å². The molecule has 1 fully saturated rings. The lowest BCUT2D eigenvalue weighted by Crippen LogP contribution is -2.33. The molecule has 0 nitrogen and oxygen atoms in total. The maximum absolute atomic E-state index is 2.35. The zero-order chi connectivity index (χ0) is 16.4. The van der Waals surface area contributed by atoms with Crippen LogP contribution in [0, 0.1) is 12.8 Å². The van der Waals surface area contributed by atoms with E-state index in [9.17, 15) is 0 Å². The highest BCUT2D eigenvalue weighted by Crippen LogP contribution is 2.53. The van der Waals surface area contributed by atoms with E-state index < -0.39 is 0 Å². The van der Waals surface area contributed by atoms with E-state index in [1.54, 1.807) is 0 Å². The molecular weight excluding hydrogens is 288 g/mol. The second kappa shape index (κ2) is 6.28. The summed E-state index contributed by atoms with van der Waals surface area (Å²) in [4.78, 5) is 0. The van der Waals surface area contributed by atoms with E-state index in [1.807, 2.05) is 0 Å². The van der Waals surface area contributed by atoms with Crippen LogP contribution in [0.25, 0.3) is 0 Å². The lowest BCUT2D eigenvalue weighted by Gasteiger charge is -2.36. The molecule has 0 saturated heterocycles. The van der Waals surface area contributed by atoms with Crippen molar-refractivity contribution in [1.82, 2.24) is 0 Å². The van der Waals surface area contributed by atoms with Gasteiger partial charge < -0.3 is 0 Å². The number of benzene rings is 3.